The van der Waals surface area contributed by atoms with E-state index in [9.17, 15) is 9.90 Å². The van der Waals surface area contributed by atoms with E-state index in [2.05, 4.69) is 19.3 Å². The molecule has 4 fully saturated rings. The summed E-state index contributed by atoms with van der Waals surface area (Å²) in [5.41, 5.74) is 3.20. The van der Waals surface area contributed by atoms with E-state index in [4.69, 9.17) is 5.84 Å². The molecule has 4 heteroatoms. The Bertz CT molecular complexity index is 538. The standard InChI is InChI=1S/C21H36N2O2/c1-20-9-7-14(24)11-13(20)3-4-15-16-5-6-18(19(25)12-23-22)21(16,2)10-8-17(15)20/h13-18,23-24H,3-12,22H2,1-2H3. The molecule has 0 heterocycles. The summed E-state index contributed by atoms with van der Waals surface area (Å²) in [5.74, 6) is 8.97. The summed E-state index contributed by atoms with van der Waals surface area (Å²) in [4.78, 5) is 12.6. The van der Waals surface area contributed by atoms with E-state index in [1.807, 2.05) is 0 Å². The van der Waals surface area contributed by atoms with Crippen LogP contribution >= 0.6 is 0 Å². The van der Waals surface area contributed by atoms with E-state index >= 15 is 0 Å². The molecule has 0 radical (unpaired) electrons. The highest BCUT2D eigenvalue weighted by Crippen LogP contribution is 2.67. The lowest BCUT2D eigenvalue weighted by atomic mass is 9.44. The summed E-state index contributed by atoms with van der Waals surface area (Å²) in [6.07, 6.45) is 10.5. The van der Waals surface area contributed by atoms with Gasteiger partial charge in [0, 0.05) is 5.92 Å². The van der Waals surface area contributed by atoms with Gasteiger partial charge in [-0.25, -0.2) is 0 Å². The first-order valence-corrected chi connectivity index (χ1v) is 10.5. The van der Waals surface area contributed by atoms with Gasteiger partial charge in [0.2, 0.25) is 0 Å². The number of nitrogens with two attached hydrogens (primary N) is 1. The van der Waals surface area contributed by atoms with Gasteiger partial charge in [-0.3, -0.25) is 16.1 Å². The second kappa shape index (κ2) is 6.31. The molecular weight excluding hydrogens is 312 g/mol. The number of aliphatic hydroxyl groups excluding tert-OH is 1. The highest BCUT2D eigenvalue weighted by molar-refractivity contribution is 5.84. The Morgan fingerprint density at radius 3 is 2.52 bits per heavy atom. The monoisotopic (exact) mass is 348 g/mol. The first-order valence-electron chi connectivity index (χ1n) is 10.5. The zero-order chi connectivity index (χ0) is 17.8. The van der Waals surface area contributed by atoms with Crippen LogP contribution in [0.4, 0.5) is 0 Å². The summed E-state index contributed by atoms with van der Waals surface area (Å²) < 4.78 is 0. The van der Waals surface area contributed by atoms with Crippen LogP contribution in [0.3, 0.4) is 0 Å². The van der Waals surface area contributed by atoms with E-state index < -0.39 is 0 Å². The molecule has 4 aliphatic rings. The number of hydrogen-bond donors (Lipinski definition) is 3. The van der Waals surface area contributed by atoms with E-state index in [1.54, 1.807) is 0 Å². The van der Waals surface area contributed by atoms with Gasteiger partial charge < -0.3 is 5.11 Å². The fourth-order valence-corrected chi connectivity index (χ4v) is 7.99. The molecule has 8 unspecified atom stereocenters. The minimum Gasteiger partial charge on any atom is -0.393 e. The molecule has 4 saturated carbocycles. The topological polar surface area (TPSA) is 75.3 Å². The molecular formula is C21H36N2O2. The fourth-order valence-electron chi connectivity index (χ4n) is 7.99. The van der Waals surface area contributed by atoms with Crippen molar-refractivity contribution in [2.45, 2.75) is 77.7 Å². The summed E-state index contributed by atoms with van der Waals surface area (Å²) in [6.45, 7) is 5.25. The van der Waals surface area contributed by atoms with E-state index in [0.29, 0.717) is 29.6 Å². The number of Topliss-reactive ketones (excluding diaryl/α,β-unsaturated/α-hetero) is 1. The summed E-state index contributed by atoms with van der Waals surface area (Å²) in [5, 5.41) is 10.1. The first-order chi connectivity index (χ1) is 11.9. The molecule has 4 rings (SSSR count). The van der Waals surface area contributed by atoms with Crippen molar-refractivity contribution >= 4 is 5.78 Å². The molecule has 0 saturated heterocycles. The predicted octanol–water partition coefficient (Wildman–Crippen LogP) is 3.04. The summed E-state index contributed by atoms with van der Waals surface area (Å²) >= 11 is 0. The van der Waals surface area contributed by atoms with Crippen molar-refractivity contribution in [2.24, 2.45) is 46.3 Å². The van der Waals surface area contributed by atoms with Crippen molar-refractivity contribution in [3.05, 3.63) is 0 Å². The van der Waals surface area contributed by atoms with Crippen molar-refractivity contribution in [1.29, 1.82) is 0 Å². The number of carbonyl (C=O) groups is 1. The molecule has 0 amide bonds. The number of rotatable bonds is 3. The van der Waals surface area contributed by atoms with Crippen LogP contribution in [0.1, 0.15) is 71.6 Å². The van der Waals surface area contributed by atoms with Crippen molar-refractivity contribution in [3.63, 3.8) is 0 Å². The van der Waals surface area contributed by atoms with E-state index in [-0.39, 0.29) is 17.4 Å². The van der Waals surface area contributed by atoms with Gasteiger partial charge >= 0.3 is 0 Å². The van der Waals surface area contributed by atoms with Gasteiger partial charge in [-0.05, 0) is 92.3 Å². The van der Waals surface area contributed by atoms with Gasteiger partial charge in [-0.1, -0.05) is 13.8 Å². The lowest BCUT2D eigenvalue weighted by Gasteiger charge is -2.60. The maximum absolute atomic E-state index is 12.6. The second-order valence-electron chi connectivity index (χ2n) is 10.1. The molecule has 8 atom stereocenters. The molecule has 4 aliphatic carbocycles. The predicted molar refractivity (Wildman–Crippen MR) is 98.4 cm³/mol. The van der Waals surface area contributed by atoms with Gasteiger partial charge in [0.25, 0.3) is 0 Å². The number of aliphatic hydroxyl groups is 1. The van der Waals surface area contributed by atoms with Crippen molar-refractivity contribution < 1.29 is 9.90 Å². The largest absolute Gasteiger partial charge is 0.393 e. The Labute approximate surface area is 152 Å². The van der Waals surface area contributed by atoms with Crippen LogP contribution in [-0.2, 0) is 4.79 Å². The smallest absolute Gasteiger partial charge is 0.151 e. The molecule has 0 aromatic heterocycles. The minimum absolute atomic E-state index is 0.0688. The van der Waals surface area contributed by atoms with Crippen LogP contribution in [0.2, 0.25) is 0 Å². The third-order valence-corrected chi connectivity index (χ3v) is 9.30. The highest BCUT2D eigenvalue weighted by atomic mass is 16.3. The highest BCUT2D eigenvalue weighted by Gasteiger charge is 2.60. The number of ketones is 1. The van der Waals surface area contributed by atoms with Crippen molar-refractivity contribution in [1.82, 2.24) is 5.43 Å². The third-order valence-electron chi connectivity index (χ3n) is 9.30. The van der Waals surface area contributed by atoms with Crippen LogP contribution in [0.5, 0.6) is 0 Å². The normalized spacial score (nSPS) is 52.2. The Morgan fingerprint density at radius 2 is 1.76 bits per heavy atom. The van der Waals surface area contributed by atoms with Crippen LogP contribution in [0.15, 0.2) is 0 Å². The molecule has 4 nitrogen and oxygen atoms in total. The average Bonchev–Trinajstić information content (AvgIpc) is 2.93. The van der Waals surface area contributed by atoms with Gasteiger partial charge in [0.15, 0.2) is 5.78 Å². The van der Waals surface area contributed by atoms with Gasteiger partial charge in [-0.15, -0.1) is 0 Å². The minimum atomic E-state index is -0.0688. The molecule has 4 N–H and O–H groups in total. The Hall–Kier alpha value is -0.450. The zero-order valence-corrected chi connectivity index (χ0v) is 16.0. The quantitative estimate of drug-likeness (QED) is 0.541. The zero-order valence-electron chi connectivity index (χ0n) is 16.0. The molecule has 0 aromatic rings. The van der Waals surface area contributed by atoms with Crippen molar-refractivity contribution in [2.75, 3.05) is 6.54 Å². The summed E-state index contributed by atoms with van der Waals surface area (Å²) in [7, 11) is 0. The number of hydrazine groups is 1. The average molecular weight is 349 g/mol. The third kappa shape index (κ3) is 2.62. The second-order valence-corrected chi connectivity index (χ2v) is 10.1. The van der Waals surface area contributed by atoms with Crippen molar-refractivity contribution in [3.8, 4) is 0 Å². The SMILES string of the molecule is CC12CCC(O)CC1CCC1C2CCC2(C)C(C(=O)CNN)CCC12. The number of hydrogen-bond acceptors (Lipinski definition) is 4. The number of carbonyl (C=O) groups excluding carboxylic acids is 1. The van der Waals surface area contributed by atoms with Gasteiger partial charge in [-0.2, -0.15) is 0 Å². The molecule has 0 bridgehead atoms. The molecule has 0 aliphatic heterocycles. The lowest BCUT2D eigenvalue weighted by Crippen LogP contribution is -2.54. The fraction of sp³-hybridized carbons (Fsp3) is 0.952. The maximum Gasteiger partial charge on any atom is 0.151 e. The van der Waals surface area contributed by atoms with Crippen LogP contribution in [-0.4, -0.2) is 23.5 Å². The molecule has 25 heavy (non-hydrogen) atoms. The van der Waals surface area contributed by atoms with E-state index in [1.165, 1.54) is 38.5 Å². The molecule has 142 valence electrons. The maximum atomic E-state index is 12.6. The first kappa shape index (κ1) is 17.9. The van der Waals surface area contributed by atoms with Crippen LogP contribution < -0.4 is 11.3 Å². The Kier molecular flexibility index (Phi) is 4.53. The van der Waals surface area contributed by atoms with Gasteiger partial charge in [0.1, 0.15) is 0 Å². The molecule has 0 aromatic carbocycles. The number of fused-ring (bicyclic) bond motifs is 5. The van der Waals surface area contributed by atoms with Gasteiger partial charge in [0.05, 0.1) is 12.6 Å². The van der Waals surface area contributed by atoms with E-state index in [0.717, 1.165) is 31.1 Å². The van der Waals surface area contributed by atoms with Crippen LogP contribution in [0, 0.1) is 40.4 Å². The Morgan fingerprint density at radius 1 is 1.04 bits per heavy atom. The molecule has 0 spiro atoms. The number of nitrogens with one attached hydrogen (secondary N) is 1. The Balaban J connectivity index is 1.57. The lowest BCUT2D eigenvalue weighted by molar-refractivity contribution is -0.139. The summed E-state index contributed by atoms with van der Waals surface area (Å²) in [6, 6.07) is 0. The van der Waals surface area contributed by atoms with Crippen LogP contribution in [0.25, 0.3) is 0 Å².